The van der Waals surface area contributed by atoms with E-state index in [-0.39, 0.29) is 24.8 Å². The molecule has 9 heteroatoms. The number of nitrogens with zero attached hydrogens (tertiary/aromatic N) is 5. The molecular formula is C26H28N6O2S. The van der Waals surface area contributed by atoms with E-state index >= 15 is 0 Å². The summed E-state index contributed by atoms with van der Waals surface area (Å²) in [6, 6.07) is 16.0. The van der Waals surface area contributed by atoms with Crippen LogP contribution in [0.4, 0.5) is 5.69 Å². The molecule has 180 valence electrons. The molecule has 8 nitrogen and oxygen atoms in total. The fourth-order valence-corrected chi connectivity index (χ4v) is 5.25. The van der Waals surface area contributed by atoms with Gasteiger partial charge in [0, 0.05) is 51.9 Å². The van der Waals surface area contributed by atoms with Gasteiger partial charge in [-0.25, -0.2) is 4.98 Å². The van der Waals surface area contributed by atoms with Crippen molar-refractivity contribution in [3.8, 4) is 10.6 Å². The number of piperazine rings is 1. The Balaban J connectivity index is 1.22. The third-order valence-corrected chi connectivity index (χ3v) is 7.26. The number of benzene rings is 1. The molecule has 4 heterocycles. The molecule has 0 bridgehead atoms. The van der Waals surface area contributed by atoms with Crippen LogP contribution in [-0.2, 0) is 11.8 Å². The highest BCUT2D eigenvalue weighted by Gasteiger charge is 2.22. The molecule has 1 aliphatic rings. The molecule has 1 fully saturated rings. The van der Waals surface area contributed by atoms with Gasteiger partial charge in [-0.05, 0) is 36.6 Å². The van der Waals surface area contributed by atoms with Gasteiger partial charge in [0.25, 0.3) is 5.91 Å². The third kappa shape index (κ3) is 4.77. The predicted octanol–water partition coefficient (Wildman–Crippen LogP) is 3.47. The third-order valence-electron chi connectivity index (χ3n) is 6.37. The first-order chi connectivity index (χ1) is 17.0. The summed E-state index contributed by atoms with van der Waals surface area (Å²) < 4.78 is 1.71. The van der Waals surface area contributed by atoms with Crippen molar-refractivity contribution >= 4 is 39.9 Å². The van der Waals surface area contributed by atoms with Gasteiger partial charge in [0.05, 0.1) is 27.2 Å². The van der Waals surface area contributed by atoms with Gasteiger partial charge in [-0.1, -0.05) is 24.3 Å². The molecular weight excluding hydrogens is 460 g/mol. The highest BCUT2D eigenvalue weighted by atomic mass is 32.1. The molecule has 0 aliphatic carbocycles. The number of anilines is 1. The van der Waals surface area contributed by atoms with Crippen LogP contribution in [0.3, 0.4) is 0 Å². The first-order valence-corrected chi connectivity index (χ1v) is 12.6. The number of hydrogen-bond donors (Lipinski definition) is 1. The molecule has 2 amide bonds. The summed E-state index contributed by atoms with van der Waals surface area (Å²) in [5, 5.41) is 10.1. The van der Waals surface area contributed by atoms with Crippen LogP contribution in [0.15, 0.2) is 53.9 Å². The van der Waals surface area contributed by atoms with Crippen LogP contribution in [0.5, 0.6) is 0 Å². The lowest BCUT2D eigenvalue weighted by molar-refractivity contribution is -0.131. The molecule has 1 saturated heterocycles. The lowest BCUT2D eigenvalue weighted by Gasteiger charge is -2.36. The summed E-state index contributed by atoms with van der Waals surface area (Å²) in [7, 11) is 1.83. The molecule has 0 atom stereocenters. The lowest BCUT2D eigenvalue weighted by atomic mass is 10.1. The Kier molecular flexibility index (Phi) is 6.50. The number of rotatable bonds is 6. The number of aromatic nitrogens is 3. The predicted molar refractivity (Wildman–Crippen MR) is 139 cm³/mol. The largest absolute Gasteiger partial charge is 0.368 e. The van der Waals surface area contributed by atoms with E-state index in [0.29, 0.717) is 24.3 Å². The van der Waals surface area contributed by atoms with E-state index in [1.807, 2.05) is 60.6 Å². The number of aryl methyl sites for hydroxylation is 2. The molecule has 1 aromatic carbocycles. The average Bonchev–Trinajstić information content (AvgIpc) is 3.52. The molecule has 35 heavy (non-hydrogen) atoms. The van der Waals surface area contributed by atoms with Crippen molar-refractivity contribution < 1.29 is 9.59 Å². The molecule has 0 spiro atoms. The van der Waals surface area contributed by atoms with Gasteiger partial charge in [0.2, 0.25) is 5.91 Å². The van der Waals surface area contributed by atoms with Crippen molar-refractivity contribution in [2.75, 3.05) is 37.6 Å². The molecule has 5 rings (SSSR count). The fourth-order valence-electron chi connectivity index (χ4n) is 4.56. The summed E-state index contributed by atoms with van der Waals surface area (Å²) >= 11 is 1.58. The molecule has 1 N–H and O–H groups in total. The van der Waals surface area contributed by atoms with Gasteiger partial charge in [0.1, 0.15) is 0 Å². The number of thiophene rings is 1. The topological polar surface area (TPSA) is 83.4 Å². The molecule has 1 aliphatic heterocycles. The van der Waals surface area contributed by atoms with E-state index < -0.39 is 0 Å². The minimum absolute atomic E-state index is 0.0646. The molecule has 4 aromatic rings. The normalized spacial score (nSPS) is 13.9. The quantitative estimate of drug-likeness (QED) is 0.449. The Morgan fingerprint density at radius 1 is 1.06 bits per heavy atom. The van der Waals surface area contributed by atoms with Crippen LogP contribution in [-0.4, -0.2) is 64.2 Å². The van der Waals surface area contributed by atoms with Crippen molar-refractivity contribution in [1.29, 1.82) is 0 Å². The summed E-state index contributed by atoms with van der Waals surface area (Å²) in [6.07, 6.45) is 0.273. The maximum absolute atomic E-state index is 13.2. The number of carbonyl (C=O) groups excluding carboxylic acids is 2. The fraction of sp³-hybridized carbons (Fsp3) is 0.308. The second-order valence-corrected chi connectivity index (χ2v) is 9.60. The SMILES string of the molecule is Cc1nn(C)c2nc(-c3cccs3)cc(C(=O)NCCC(=O)N3CCN(c4ccccc4)CC3)c12. The van der Waals surface area contributed by atoms with Gasteiger partial charge in [0.15, 0.2) is 5.65 Å². The Morgan fingerprint density at radius 3 is 2.54 bits per heavy atom. The number of pyridine rings is 1. The van der Waals surface area contributed by atoms with E-state index in [2.05, 4.69) is 27.4 Å². The van der Waals surface area contributed by atoms with Crippen molar-refractivity contribution in [1.82, 2.24) is 25.0 Å². The van der Waals surface area contributed by atoms with Gasteiger partial charge < -0.3 is 15.1 Å². The number of carbonyl (C=O) groups is 2. The van der Waals surface area contributed by atoms with Gasteiger partial charge in [-0.15, -0.1) is 11.3 Å². The highest BCUT2D eigenvalue weighted by Crippen LogP contribution is 2.29. The van der Waals surface area contributed by atoms with E-state index in [9.17, 15) is 9.59 Å². The van der Waals surface area contributed by atoms with E-state index in [1.165, 1.54) is 5.69 Å². The Labute approximate surface area is 208 Å². The number of hydrogen-bond acceptors (Lipinski definition) is 6. The zero-order chi connectivity index (χ0) is 24.4. The number of nitrogens with one attached hydrogen (secondary N) is 1. The van der Waals surface area contributed by atoms with Crippen molar-refractivity contribution in [2.45, 2.75) is 13.3 Å². The average molecular weight is 489 g/mol. The first-order valence-electron chi connectivity index (χ1n) is 11.8. The second-order valence-electron chi connectivity index (χ2n) is 8.65. The molecule has 0 radical (unpaired) electrons. The highest BCUT2D eigenvalue weighted by molar-refractivity contribution is 7.13. The lowest BCUT2D eigenvalue weighted by Crippen LogP contribution is -2.49. The second kappa shape index (κ2) is 9.87. The molecule has 0 saturated carbocycles. The maximum atomic E-state index is 13.2. The van der Waals surface area contributed by atoms with E-state index in [4.69, 9.17) is 4.98 Å². The number of amides is 2. The Morgan fingerprint density at radius 2 is 1.83 bits per heavy atom. The van der Waals surface area contributed by atoms with Crippen LogP contribution in [0.2, 0.25) is 0 Å². The summed E-state index contributed by atoms with van der Waals surface area (Å²) in [5.41, 5.74) is 3.89. The smallest absolute Gasteiger partial charge is 0.252 e. The van der Waals surface area contributed by atoms with Gasteiger partial charge in [-0.3, -0.25) is 14.3 Å². The molecule has 3 aromatic heterocycles. The molecule has 0 unspecified atom stereocenters. The van der Waals surface area contributed by atoms with Crippen LogP contribution >= 0.6 is 11.3 Å². The van der Waals surface area contributed by atoms with Crippen molar-refractivity contribution in [2.24, 2.45) is 7.05 Å². The van der Waals surface area contributed by atoms with E-state index in [1.54, 1.807) is 16.0 Å². The summed E-state index contributed by atoms with van der Waals surface area (Å²) in [4.78, 5) is 35.9. The zero-order valence-corrected chi connectivity index (χ0v) is 20.7. The van der Waals surface area contributed by atoms with Crippen molar-refractivity contribution in [3.05, 3.63) is 65.2 Å². The van der Waals surface area contributed by atoms with Crippen molar-refractivity contribution in [3.63, 3.8) is 0 Å². The minimum atomic E-state index is -0.215. The zero-order valence-electron chi connectivity index (χ0n) is 19.9. The number of para-hydroxylation sites is 1. The first kappa shape index (κ1) is 23.0. The Hall–Kier alpha value is -3.72. The van der Waals surface area contributed by atoms with Gasteiger partial charge >= 0.3 is 0 Å². The van der Waals surface area contributed by atoms with Crippen LogP contribution in [0.25, 0.3) is 21.6 Å². The Bertz CT molecular complexity index is 1340. The monoisotopic (exact) mass is 488 g/mol. The van der Waals surface area contributed by atoms with Crippen LogP contribution in [0.1, 0.15) is 22.5 Å². The van der Waals surface area contributed by atoms with Crippen LogP contribution in [0, 0.1) is 6.92 Å². The summed E-state index contributed by atoms with van der Waals surface area (Å²) in [5.74, 6) is -0.150. The van der Waals surface area contributed by atoms with E-state index in [0.717, 1.165) is 34.7 Å². The summed E-state index contributed by atoms with van der Waals surface area (Å²) in [6.45, 7) is 5.15. The van der Waals surface area contributed by atoms with Crippen LogP contribution < -0.4 is 10.2 Å². The maximum Gasteiger partial charge on any atom is 0.252 e. The standard InChI is InChI=1S/C26H28N6O2S/c1-18-24-20(17-21(22-9-6-16-35-22)28-25(24)30(2)29-18)26(34)27-11-10-23(33)32-14-12-31(13-15-32)19-7-4-3-5-8-19/h3-9,16-17H,10-15H2,1-2H3,(H,27,34). The van der Waals surface area contributed by atoms with Gasteiger partial charge in [-0.2, -0.15) is 5.10 Å². The minimum Gasteiger partial charge on any atom is -0.368 e. The number of fused-ring (bicyclic) bond motifs is 1.